The van der Waals surface area contributed by atoms with Crippen LogP contribution in [0.25, 0.3) is 0 Å². The monoisotopic (exact) mass is 247 g/mol. The first-order chi connectivity index (χ1) is 8.81. The third-order valence-corrected chi connectivity index (χ3v) is 2.36. The maximum absolute atomic E-state index is 5.50. The number of rotatable bonds is 6. The van der Waals surface area contributed by atoms with E-state index in [9.17, 15) is 0 Å². The molecule has 18 heavy (non-hydrogen) atoms. The highest BCUT2D eigenvalue weighted by Gasteiger charge is 2.03. The van der Waals surface area contributed by atoms with Gasteiger partial charge in [-0.15, -0.1) is 0 Å². The summed E-state index contributed by atoms with van der Waals surface area (Å²) in [6, 6.07) is 1.81. The number of nitrogens with one attached hydrogen (secondary N) is 2. The first kappa shape index (κ1) is 12.3. The zero-order valence-corrected chi connectivity index (χ0v) is 10.6. The van der Waals surface area contributed by atoms with Gasteiger partial charge in [0.05, 0.1) is 12.7 Å². The highest BCUT2D eigenvalue weighted by atomic mass is 16.4. The smallest absolute Gasteiger partial charge is 0.224 e. The molecule has 0 unspecified atom stereocenters. The van der Waals surface area contributed by atoms with Crippen molar-refractivity contribution in [1.29, 1.82) is 0 Å². The molecule has 2 N–H and O–H groups in total. The lowest BCUT2D eigenvalue weighted by Gasteiger charge is -2.05. The van der Waals surface area contributed by atoms with Gasteiger partial charge in [0.2, 0.25) is 11.8 Å². The molecule has 0 amide bonds. The minimum Gasteiger partial charge on any atom is -0.444 e. The Hall–Kier alpha value is -2.11. The lowest BCUT2D eigenvalue weighted by molar-refractivity contribution is 0.465. The molecule has 0 radical (unpaired) electrons. The molecule has 0 aliphatic heterocycles. The van der Waals surface area contributed by atoms with E-state index in [1.165, 1.54) is 0 Å². The van der Waals surface area contributed by atoms with Crippen LogP contribution in [0.2, 0.25) is 0 Å². The summed E-state index contributed by atoms with van der Waals surface area (Å²) in [5.74, 6) is 2.92. The van der Waals surface area contributed by atoms with Crippen molar-refractivity contribution in [2.24, 2.45) is 0 Å². The van der Waals surface area contributed by atoms with E-state index in [0.717, 1.165) is 24.5 Å². The molecule has 6 nitrogen and oxygen atoms in total. The van der Waals surface area contributed by atoms with E-state index in [2.05, 4.69) is 25.6 Å². The summed E-state index contributed by atoms with van der Waals surface area (Å²) in [5.41, 5.74) is 0. The molecule has 0 aromatic carbocycles. The number of oxazole rings is 1. The van der Waals surface area contributed by atoms with Gasteiger partial charge in [0.15, 0.2) is 0 Å². The molecule has 2 heterocycles. The first-order valence-corrected chi connectivity index (χ1v) is 6.06. The molecule has 0 aliphatic rings. The summed E-state index contributed by atoms with van der Waals surface area (Å²) < 4.78 is 5.50. The fourth-order valence-corrected chi connectivity index (χ4v) is 1.46. The molecule has 2 aromatic rings. The van der Waals surface area contributed by atoms with Crippen molar-refractivity contribution in [3.8, 4) is 0 Å². The predicted molar refractivity (Wildman–Crippen MR) is 69.4 cm³/mol. The van der Waals surface area contributed by atoms with Crippen molar-refractivity contribution in [3.63, 3.8) is 0 Å². The second kappa shape index (κ2) is 6.00. The van der Waals surface area contributed by atoms with Crippen molar-refractivity contribution < 1.29 is 4.42 Å². The minimum absolute atomic E-state index is 0.516. The number of aryl methyl sites for hydroxylation is 1. The fraction of sp³-hybridized carbons (Fsp3) is 0.417. The van der Waals surface area contributed by atoms with Crippen molar-refractivity contribution >= 4 is 11.8 Å². The number of nitrogens with zero attached hydrogens (tertiary/aromatic N) is 3. The summed E-state index contributed by atoms with van der Waals surface area (Å²) in [4.78, 5) is 12.6. The number of hydrogen-bond acceptors (Lipinski definition) is 6. The number of aromatic nitrogens is 3. The van der Waals surface area contributed by atoms with Gasteiger partial charge in [0, 0.05) is 19.2 Å². The van der Waals surface area contributed by atoms with Crippen LogP contribution in [0.4, 0.5) is 11.8 Å². The highest BCUT2D eigenvalue weighted by Crippen LogP contribution is 2.09. The van der Waals surface area contributed by atoms with Crippen molar-refractivity contribution in [1.82, 2.24) is 15.0 Å². The quantitative estimate of drug-likeness (QED) is 0.813. The van der Waals surface area contributed by atoms with E-state index in [-0.39, 0.29) is 0 Å². The second-order valence-corrected chi connectivity index (χ2v) is 3.72. The van der Waals surface area contributed by atoms with E-state index < -0.39 is 0 Å². The van der Waals surface area contributed by atoms with E-state index in [4.69, 9.17) is 4.42 Å². The normalized spacial score (nSPS) is 10.3. The minimum atomic E-state index is 0.516. The molecular formula is C12H17N5O. The highest BCUT2D eigenvalue weighted by molar-refractivity contribution is 5.39. The van der Waals surface area contributed by atoms with Gasteiger partial charge in [-0.2, -0.15) is 4.98 Å². The molecule has 0 saturated carbocycles. The lowest BCUT2D eigenvalue weighted by atomic mass is 10.4. The van der Waals surface area contributed by atoms with Gasteiger partial charge in [-0.25, -0.2) is 9.97 Å². The fourth-order valence-electron chi connectivity index (χ4n) is 1.46. The summed E-state index contributed by atoms with van der Waals surface area (Å²) in [5, 5.41) is 6.21. The van der Waals surface area contributed by atoms with Crippen LogP contribution in [0.1, 0.15) is 25.5 Å². The Bertz CT molecular complexity index is 497. The zero-order chi connectivity index (χ0) is 12.8. The Morgan fingerprint density at radius 2 is 2.11 bits per heavy atom. The Labute approximate surface area is 106 Å². The van der Waals surface area contributed by atoms with Gasteiger partial charge in [0.1, 0.15) is 11.6 Å². The summed E-state index contributed by atoms with van der Waals surface area (Å²) in [6.07, 6.45) is 4.31. The van der Waals surface area contributed by atoms with Crippen molar-refractivity contribution in [2.45, 2.75) is 26.8 Å². The summed E-state index contributed by atoms with van der Waals surface area (Å²) >= 11 is 0. The molecule has 96 valence electrons. The van der Waals surface area contributed by atoms with E-state index in [1.807, 2.05) is 19.9 Å². The molecule has 0 atom stereocenters. The lowest BCUT2D eigenvalue weighted by Crippen LogP contribution is -2.06. The third kappa shape index (κ3) is 3.19. The molecular weight excluding hydrogens is 230 g/mol. The topological polar surface area (TPSA) is 75.9 Å². The van der Waals surface area contributed by atoms with E-state index in [1.54, 1.807) is 12.4 Å². The number of hydrogen-bond donors (Lipinski definition) is 2. The van der Waals surface area contributed by atoms with Gasteiger partial charge in [-0.3, -0.25) is 0 Å². The molecule has 0 saturated heterocycles. The molecule has 0 fully saturated rings. The third-order valence-electron chi connectivity index (χ3n) is 2.36. The Kier molecular flexibility index (Phi) is 4.11. The molecule has 0 aliphatic carbocycles. The average Bonchev–Trinajstić information content (AvgIpc) is 2.85. The first-order valence-electron chi connectivity index (χ1n) is 6.06. The van der Waals surface area contributed by atoms with Crippen LogP contribution in [0, 0.1) is 0 Å². The van der Waals surface area contributed by atoms with Gasteiger partial charge in [0.25, 0.3) is 0 Å². The van der Waals surface area contributed by atoms with E-state index in [0.29, 0.717) is 18.4 Å². The standard InChI is InChI=1S/C12H17N5O/c1-3-9-7-16-11(18-9)8-15-10-5-6-14-12(17-10)13-4-2/h5-7H,3-4,8H2,1-2H3,(H2,13,14,15,17). The molecule has 0 spiro atoms. The molecule has 0 bridgehead atoms. The molecule has 2 rings (SSSR count). The molecule has 6 heteroatoms. The second-order valence-electron chi connectivity index (χ2n) is 3.72. The van der Waals surface area contributed by atoms with Gasteiger partial charge < -0.3 is 15.1 Å². The van der Waals surface area contributed by atoms with Gasteiger partial charge in [-0.1, -0.05) is 6.92 Å². The Morgan fingerprint density at radius 1 is 1.22 bits per heavy atom. The maximum atomic E-state index is 5.50. The van der Waals surface area contributed by atoms with Crippen molar-refractivity contribution in [3.05, 3.63) is 30.1 Å². The van der Waals surface area contributed by atoms with Crippen LogP contribution in [-0.2, 0) is 13.0 Å². The van der Waals surface area contributed by atoms with Crippen LogP contribution in [-0.4, -0.2) is 21.5 Å². The SMILES string of the molecule is CCNc1nccc(NCc2ncc(CC)o2)n1. The maximum Gasteiger partial charge on any atom is 0.224 e. The van der Waals surface area contributed by atoms with Crippen molar-refractivity contribution in [2.75, 3.05) is 17.2 Å². The van der Waals surface area contributed by atoms with Crippen LogP contribution in [0.5, 0.6) is 0 Å². The van der Waals surface area contributed by atoms with Gasteiger partial charge >= 0.3 is 0 Å². The van der Waals surface area contributed by atoms with Crippen LogP contribution in [0.3, 0.4) is 0 Å². The average molecular weight is 247 g/mol. The largest absolute Gasteiger partial charge is 0.444 e. The van der Waals surface area contributed by atoms with E-state index >= 15 is 0 Å². The van der Waals surface area contributed by atoms with Crippen LogP contribution in [0.15, 0.2) is 22.9 Å². The number of anilines is 2. The Morgan fingerprint density at radius 3 is 2.83 bits per heavy atom. The molecule has 2 aromatic heterocycles. The van der Waals surface area contributed by atoms with Crippen LogP contribution < -0.4 is 10.6 Å². The summed E-state index contributed by atoms with van der Waals surface area (Å²) in [6.45, 7) is 5.35. The Balaban J connectivity index is 1.94. The predicted octanol–water partition coefficient (Wildman–Crippen LogP) is 2.07. The van der Waals surface area contributed by atoms with Crippen LogP contribution >= 0.6 is 0 Å². The van der Waals surface area contributed by atoms with Gasteiger partial charge in [-0.05, 0) is 13.0 Å². The zero-order valence-electron chi connectivity index (χ0n) is 10.6. The summed E-state index contributed by atoms with van der Waals surface area (Å²) in [7, 11) is 0.